The summed E-state index contributed by atoms with van der Waals surface area (Å²) in [4.78, 5) is 25.4. The van der Waals surface area contributed by atoms with Crippen LogP contribution in [0.5, 0.6) is 0 Å². The third-order valence-electron chi connectivity index (χ3n) is 3.12. The van der Waals surface area contributed by atoms with Crippen molar-refractivity contribution in [2.24, 2.45) is 5.73 Å². The molecule has 0 radical (unpaired) electrons. The first-order chi connectivity index (χ1) is 8.15. The van der Waals surface area contributed by atoms with E-state index in [9.17, 15) is 9.59 Å². The van der Waals surface area contributed by atoms with Gasteiger partial charge in [0.15, 0.2) is 0 Å². The number of rotatable bonds is 2. The van der Waals surface area contributed by atoms with Crippen molar-refractivity contribution >= 4 is 5.91 Å². The fourth-order valence-electron chi connectivity index (χ4n) is 2.11. The fourth-order valence-corrected chi connectivity index (χ4v) is 2.11. The Morgan fingerprint density at radius 1 is 1.29 bits per heavy atom. The Kier molecular flexibility index (Phi) is 3.58. The van der Waals surface area contributed by atoms with E-state index in [1.54, 1.807) is 12.1 Å². The number of nitrogens with two attached hydrogens (primary N) is 1. The molecular weight excluding hydrogens is 218 g/mol. The summed E-state index contributed by atoms with van der Waals surface area (Å²) in [6, 6.07) is 5.00. The van der Waals surface area contributed by atoms with Gasteiger partial charge in [0.05, 0.1) is 0 Å². The topological polar surface area (TPSA) is 88.0 Å². The molecule has 17 heavy (non-hydrogen) atoms. The molecule has 0 unspecified atom stereocenters. The summed E-state index contributed by atoms with van der Waals surface area (Å²) >= 11 is 0. The van der Waals surface area contributed by atoms with Gasteiger partial charge in [-0.05, 0) is 31.7 Å². The van der Waals surface area contributed by atoms with Crippen molar-refractivity contribution in [3.05, 3.63) is 34.2 Å². The van der Waals surface area contributed by atoms with Crippen molar-refractivity contribution in [2.45, 2.75) is 37.8 Å². The van der Waals surface area contributed by atoms with Crippen molar-refractivity contribution in [3.8, 4) is 0 Å². The predicted octanol–water partition coefficient (Wildman–Crippen LogP) is 0.375. The van der Waals surface area contributed by atoms with Gasteiger partial charge in [-0.3, -0.25) is 9.59 Å². The first-order valence-corrected chi connectivity index (χ1v) is 5.91. The Bertz CT molecular complexity index is 447. The van der Waals surface area contributed by atoms with E-state index >= 15 is 0 Å². The van der Waals surface area contributed by atoms with Gasteiger partial charge >= 0.3 is 0 Å². The first-order valence-electron chi connectivity index (χ1n) is 5.91. The average molecular weight is 235 g/mol. The number of hydrogen-bond donors (Lipinski definition) is 3. The number of H-pyrrole nitrogens is 1. The van der Waals surface area contributed by atoms with E-state index in [1.807, 2.05) is 0 Å². The van der Waals surface area contributed by atoms with Gasteiger partial charge < -0.3 is 16.0 Å². The van der Waals surface area contributed by atoms with Crippen LogP contribution in [0.15, 0.2) is 23.0 Å². The lowest BCUT2D eigenvalue weighted by Gasteiger charge is -2.26. The lowest BCUT2D eigenvalue weighted by atomic mass is 9.92. The molecule has 92 valence electrons. The highest BCUT2D eigenvalue weighted by molar-refractivity contribution is 5.92. The highest BCUT2D eigenvalue weighted by Crippen LogP contribution is 2.17. The van der Waals surface area contributed by atoms with Crippen molar-refractivity contribution < 1.29 is 4.79 Å². The van der Waals surface area contributed by atoms with Gasteiger partial charge in [-0.2, -0.15) is 0 Å². The second-order valence-electron chi connectivity index (χ2n) is 4.51. The Labute approximate surface area is 99.4 Å². The molecule has 0 aliphatic heterocycles. The number of aromatic nitrogens is 1. The maximum atomic E-state index is 11.8. The van der Waals surface area contributed by atoms with Gasteiger partial charge in [0, 0.05) is 18.2 Å². The summed E-state index contributed by atoms with van der Waals surface area (Å²) in [6.07, 6.45) is 3.69. The lowest BCUT2D eigenvalue weighted by molar-refractivity contribution is 0.0920. The number of amides is 1. The quantitative estimate of drug-likeness (QED) is 0.692. The molecule has 1 aromatic rings. The van der Waals surface area contributed by atoms with E-state index in [0.29, 0.717) is 5.69 Å². The molecule has 5 heteroatoms. The number of pyridine rings is 1. The third-order valence-corrected chi connectivity index (χ3v) is 3.12. The van der Waals surface area contributed by atoms with Crippen LogP contribution in [0.1, 0.15) is 36.2 Å². The average Bonchev–Trinajstić information content (AvgIpc) is 2.32. The van der Waals surface area contributed by atoms with Crippen LogP contribution in [-0.2, 0) is 0 Å². The minimum absolute atomic E-state index is 0.172. The summed E-state index contributed by atoms with van der Waals surface area (Å²) in [7, 11) is 0. The summed E-state index contributed by atoms with van der Waals surface area (Å²) < 4.78 is 0. The molecular formula is C12H17N3O2. The summed E-state index contributed by atoms with van der Waals surface area (Å²) in [5.74, 6) is -0.219. The third kappa shape index (κ3) is 3.17. The Morgan fingerprint density at radius 3 is 2.65 bits per heavy atom. The SMILES string of the molecule is NC1CCC(NC(=O)c2cccc(=O)[nH]2)CC1. The molecule has 0 spiro atoms. The summed E-state index contributed by atoms with van der Waals surface area (Å²) in [5, 5.41) is 2.92. The van der Waals surface area contributed by atoms with Crippen molar-refractivity contribution in [3.63, 3.8) is 0 Å². The number of carbonyl (C=O) groups excluding carboxylic acids is 1. The van der Waals surface area contributed by atoms with Crippen LogP contribution < -0.4 is 16.6 Å². The molecule has 0 bridgehead atoms. The summed E-state index contributed by atoms with van der Waals surface area (Å²) in [5.41, 5.74) is 5.85. The highest BCUT2D eigenvalue weighted by atomic mass is 16.2. The van der Waals surface area contributed by atoms with Gasteiger partial charge in [0.25, 0.3) is 5.91 Å². The molecule has 1 saturated carbocycles. The first kappa shape index (κ1) is 11.9. The molecule has 1 aromatic heterocycles. The van der Waals surface area contributed by atoms with E-state index in [0.717, 1.165) is 25.7 Å². The van der Waals surface area contributed by atoms with E-state index in [1.165, 1.54) is 6.07 Å². The number of hydrogen-bond acceptors (Lipinski definition) is 3. The fraction of sp³-hybridized carbons (Fsp3) is 0.500. The van der Waals surface area contributed by atoms with Crippen molar-refractivity contribution in [1.29, 1.82) is 0 Å². The van der Waals surface area contributed by atoms with E-state index in [2.05, 4.69) is 10.3 Å². The molecule has 1 fully saturated rings. The molecule has 0 aromatic carbocycles. The molecule has 0 atom stereocenters. The molecule has 1 amide bonds. The van der Waals surface area contributed by atoms with E-state index in [4.69, 9.17) is 5.73 Å². The van der Waals surface area contributed by atoms with E-state index < -0.39 is 0 Å². The maximum absolute atomic E-state index is 11.8. The molecule has 4 N–H and O–H groups in total. The van der Waals surface area contributed by atoms with Crippen LogP contribution in [0.2, 0.25) is 0 Å². The molecule has 1 aliphatic rings. The normalized spacial score (nSPS) is 24.3. The van der Waals surface area contributed by atoms with Crippen LogP contribution in [0.25, 0.3) is 0 Å². The standard InChI is InChI=1S/C12H17N3O2/c13-8-4-6-9(7-5-8)14-12(17)10-2-1-3-11(16)15-10/h1-3,8-9H,4-7,13H2,(H,14,17)(H,15,16). The van der Waals surface area contributed by atoms with Gasteiger partial charge in [-0.15, -0.1) is 0 Å². The minimum Gasteiger partial charge on any atom is -0.348 e. The van der Waals surface area contributed by atoms with Crippen LogP contribution in [-0.4, -0.2) is 23.0 Å². The van der Waals surface area contributed by atoms with Gasteiger partial charge in [-0.1, -0.05) is 6.07 Å². The zero-order valence-electron chi connectivity index (χ0n) is 9.61. The Morgan fingerprint density at radius 2 is 2.00 bits per heavy atom. The molecule has 2 rings (SSSR count). The van der Waals surface area contributed by atoms with Gasteiger partial charge in [-0.25, -0.2) is 0 Å². The molecule has 5 nitrogen and oxygen atoms in total. The van der Waals surface area contributed by atoms with Crippen LogP contribution in [0.3, 0.4) is 0 Å². The minimum atomic E-state index is -0.261. The monoisotopic (exact) mass is 235 g/mol. The van der Waals surface area contributed by atoms with Gasteiger partial charge in [0.2, 0.25) is 5.56 Å². The molecule has 0 saturated heterocycles. The molecule has 1 aliphatic carbocycles. The van der Waals surface area contributed by atoms with Crippen LogP contribution >= 0.6 is 0 Å². The number of aromatic amines is 1. The summed E-state index contributed by atoms with van der Waals surface area (Å²) in [6.45, 7) is 0. The lowest BCUT2D eigenvalue weighted by Crippen LogP contribution is -2.41. The van der Waals surface area contributed by atoms with Crippen molar-refractivity contribution in [2.75, 3.05) is 0 Å². The van der Waals surface area contributed by atoms with Crippen molar-refractivity contribution in [1.82, 2.24) is 10.3 Å². The predicted molar refractivity (Wildman–Crippen MR) is 64.8 cm³/mol. The van der Waals surface area contributed by atoms with E-state index in [-0.39, 0.29) is 23.6 Å². The van der Waals surface area contributed by atoms with Gasteiger partial charge in [0.1, 0.15) is 5.69 Å². The zero-order chi connectivity index (χ0) is 12.3. The maximum Gasteiger partial charge on any atom is 0.268 e. The van der Waals surface area contributed by atoms with Crippen LogP contribution in [0.4, 0.5) is 0 Å². The number of carbonyl (C=O) groups is 1. The number of nitrogens with one attached hydrogen (secondary N) is 2. The smallest absolute Gasteiger partial charge is 0.268 e. The zero-order valence-corrected chi connectivity index (χ0v) is 9.61. The molecule has 1 heterocycles. The second-order valence-corrected chi connectivity index (χ2v) is 4.51. The van der Waals surface area contributed by atoms with Crippen LogP contribution in [0, 0.1) is 0 Å². The Balaban J connectivity index is 1.95. The highest BCUT2D eigenvalue weighted by Gasteiger charge is 2.20. The largest absolute Gasteiger partial charge is 0.348 e. The Hall–Kier alpha value is -1.62. The second kappa shape index (κ2) is 5.14.